The number of ether oxygens (including phenoxy) is 1. The zero-order chi connectivity index (χ0) is 13.0. The average molecular weight is 243 g/mol. The van der Waals surface area contributed by atoms with Gasteiger partial charge in [0.05, 0.1) is 18.8 Å². The number of anilines is 1. The highest BCUT2D eigenvalue weighted by atomic mass is 16.5. The van der Waals surface area contributed by atoms with Crippen LogP contribution in [0.25, 0.3) is 0 Å². The Morgan fingerprint density at radius 1 is 1.06 bits per heavy atom. The first kappa shape index (κ1) is 12.4. The van der Waals surface area contributed by atoms with Gasteiger partial charge in [0, 0.05) is 0 Å². The number of hydrogen-bond acceptors (Lipinski definition) is 4. The molecule has 1 heterocycles. The number of nitrogens with one attached hydrogen (secondary N) is 1. The van der Waals surface area contributed by atoms with Crippen molar-refractivity contribution in [3.8, 4) is 5.75 Å². The fraction of sp³-hybridized carbons (Fsp3) is 0.286. The highest BCUT2D eigenvalue weighted by Crippen LogP contribution is 2.20. The van der Waals surface area contributed by atoms with Gasteiger partial charge >= 0.3 is 0 Å². The Kier molecular flexibility index (Phi) is 3.77. The van der Waals surface area contributed by atoms with Crippen LogP contribution in [0.4, 0.5) is 5.82 Å². The number of aryl methyl sites for hydroxylation is 1. The van der Waals surface area contributed by atoms with Gasteiger partial charge in [-0.15, -0.1) is 5.10 Å². The van der Waals surface area contributed by atoms with Gasteiger partial charge in [-0.25, -0.2) is 0 Å². The first-order chi connectivity index (χ1) is 8.69. The highest BCUT2D eigenvalue weighted by molar-refractivity contribution is 5.38. The van der Waals surface area contributed by atoms with Crippen LogP contribution in [0.3, 0.4) is 0 Å². The molecule has 94 valence electrons. The molecule has 0 amide bonds. The van der Waals surface area contributed by atoms with Gasteiger partial charge < -0.3 is 10.1 Å². The van der Waals surface area contributed by atoms with Crippen LogP contribution in [0, 0.1) is 6.92 Å². The molecule has 4 heteroatoms. The third-order valence-corrected chi connectivity index (χ3v) is 2.78. The van der Waals surface area contributed by atoms with Crippen LogP contribution in [0.1, 0.15) is 24.2 Å². The Morgan fingerprint density at radius 2 is 1.78 bits per heavy atom. The van der Waals surface area contributed by atoms with E-state index in [2.05, 4.69) is 22.4 Å². The summed E-state index contributed by atoms with van der Waals surface area (Å²) >= 11 is 0. The minimum Gasteiger partial charge on any atom is -0.497 e. The van der Waals surface area contributed by atoms with Crippen molar-refractivity contribution in [2.24, 2.45) is 0 Å². The largest absolute Gasteiger partial charge is 0.497 e. The summed E-state index contributed by atoms with van der Waals surface area (Å²) in [5.41, 5.74) is 2.09. The van der Waals surface area contributed by atoms with Gasteiger partial charge in [-0.1, -0.05) is 12.1 Å². The zero-order valence-corrected chi connectivity index (χ0v) is 10.8. The van der Waals surface area contributed by atoms with E-state index in [9.17, 15) is 0 Å². The Hall–Kier alpha value is -2.10. The van der Waals surface area contributed by atoms with Crippen molar-refractivity contribution < 1.29 is 4.74 Å². The Balaban J connectivity index is 2.06. The van der Waals surface area contributed by atoms with Crippen LogP contribution < -0.4 is 10.1 Å². The summed E-state index contributed by atoms with van der Waals surface area (Å²) in [6, 6.07) is 12.0. The molecule has 0 fully saturated rings. The number of nitrogens with zero attached hydrogens (tertiary/aromatic N) is 2. The second-order valence-electron chi connectivity index (χ2n) is 4.20. The molecule has 0 bridgehead atoms. The van der Waals surface area contributed by atoms with Gasteiger partial charge in [0.25, 0.3) is 0 Å². The van der Waals surface area contributed by atoms with Crippen molar-refractivity contribution in [1.82, 2.24) is 10.2 Å². The van der Waals surface area contributed by atoms with Crippen LogP contribution in [0.2, 0.25) is 0 Å². The van der Waals surface area contributed by atoms with Gasteiger partial charge in [0.2, 0.25) is 0 Å². The fourth-order valence-corrected chi connectivity index (χ4v) is 1.67. The molecule has 1 atom stereocenters. The maximum atomic E-state index is 5.14. The minimum atomic E-state index is 0.174. The Morgan fingerprint density at radius 3 is 2.33 bits per heavy atom. The topological polar surface area (TPSA) is 47.0 Å². The van der Waals surface area contributed by atoms with Crippen LogP contribution in [0.15, 0.2) is 36.4 Å². The molecule has 4 nitrogen and oxygen atoms in total. The molecule has 0 aliphatic heterocycles. The molecule has 0 saturated carbocycles. The first-order valence-electron chi connectivity index (χ1n) is 5.90. The molecular formula is C14H17N3O. The molecule has 0 radical (unpaired) electrons. The molecule has 18 heavy (non-hydrogen) atoms. The number of aromatic nitrogens is 2. The average Bonchev–Trinajstić information content (AvgIpc) is 2.41. The van der Waals surface area contributed by atoms with E-state index in [4.69, 9.17) is 4.74 Å². The summed E-state index contributed by atoms with van der Waals surface area (Å²) in [5, 5.41) is 11.4. The molecule has 1 unspecified atom stereocenters. The predicted octanol–water partition coefficient (Wildman–Crippen LogP) is 2.97. The van der Waals surface area contributed by atoms with Crippen molar-refractivity contribution >= 4 is 5.82 Å². The van der Waals surface area contributed by atoms with Crippen LogP contribution in [-0.4, -0.2) is 17.3 Å². The molecule has 1 aromatic carbocycles. The number of benzene rings is 1. The van der Waals surface area contributed by atoms with Gasteiger partial charge in [-0.05, 0) is 43.7 Å². The number of methoxy groups -OCH3 is 1. The summed E-state index contributed by atoms with van der Waals surface area (Å²) in [5.74, 6) is 1.64. The lowest BCUT2D eigenvalue weighted by atomic mass is 10.1. The SMILES string of the molecule is COc1ccc(C(C)Nc2ccc(C)nn2)cc1. The minimum absolute atomic E-state index is 0.174. The second-order valence-corrected chi connectivity index (χ2v) is 4.20. The summed E-state index contributed by atoms with van der Waals surface area (Å²) in [7, 11) is 1.67. The molecule has 1 aromatic heterocycles. The van der Waals surface area contributed by atoms with Gasteiger partial charge in [0.1, 0.15) is 11.6 Å². The lowest BCUT2D eigenvalue weighted by Crippen LogP contribution is -2.08. The van der Waals surface area contributed by atoms with E-state index in [-0.39, 0.29) is 6.04 Å². The molecule has 2 rings (SSSR count). The van der Waals surface area contributed by atoms with Gasteiger partial charge in [-0.3, -0.25) is 0 Å². The second kappa shape index (κ2) is 5.49. The summed E-state index contributed by atoms with van der Waals surface area (Å²) in [4.78, 5) is 0. The molecule has 0 aliphatic rings. The molecule has 0 aliphatic carbocycles. The monoisotopic (exact) mass is 243 g/mol. The molecule has 2 aromatic rings. The van der Waals surface area contributed by atoms with E-state index >= 15 is 0 Å². The third kappa shape index (κ3) is 2.97. The maximum absolute atomic E-state index is 5.14. The lowest BCUT2D eigenvalue weighted by molar-refractivity contribution is 0.414. The zero-order valence-electron chi connectivity index (χ0n) is 10.8. The standard InChI is InChI=1S/C14H17N3O/c1-10-4-9-14(17-16-10)15-11(2)12-5-7-13(18-3)8-6-12/h4-9,11H,1-3H3,(H,15,17). The fourth-order valence-electron chi connectivity index (χ4n) is 1.67. The van der Waals surface area contributed by atoms with Crippen molar-refractivity contribution in [1.29, 1.82) is 0 Å². The van der Waals surface area contributed by atoms with E-state index in [1.54, 1.807) is 7.11 Å². The maximum Gasteiger partial charge on any atom is 0.149 e. The smallest absolute Gasteiger partial charge is 0.149 e. The van der Waals surface area contributed by atoms with Crippen molar-refractivity contribution in [3.05, 3.63) is 47.7 Å². The normalized spacial score (nSPS) is 11.9. The van der Waals surface area contributed by atoms with Crippen molar-refractivity contribution in [2.45, 2.75) is 19.9 Å². The van der Waals surface area contributed by atoms with E-state index in [1.807, 2.05) is 43.3 Å². The first-order valence-corrected chi connectivity index (χ1v) is 5.90. The van der Waals surface area contributed by atoms with Gasteiger partial charge in [-0.2, -0.15) is 5.10 Å². The molecule has 1 N–H and O–H groups in total. The quantitative estimate of drug-likeness (QED) is 0.896. The molecule has 0 spiro atoms. The lowest BCUT2D eigenvalue weighted by Gasteiger charge is -2.14. The van der Waals surface area contributed by atoms with E-state index < -0.39 is 0 Å². The van der Waals surface area contributed by atoms with E-state index in [1.165, 1.54) is 5.56 Å². The molecular weight excluding hydrogens is 226 g/mol. The van der Waals surface area contributed by atoms with Gasteiger partial charge in [0.15, 0.2) is 0 Å². The predicted molar refractivity (Wildman–Crippen MR) is 71.8 cm³/mol. The Labute approximate surface area is 107 Å². The van der Waals surface area contributed by atoms with Crippen molar-refractivity contribution in [2.75, 3.05) is 12.4 Å². The number of hydrogen-bond donors (Lipinski definition) is 1. The Bertz CT molecular complexity index is 493. The summed E-state index contributed by atoms with van der Waals surface area (Å²) in [6.45, 7) is 4.01. The van der Waals surface area contributed by atoms with Crippen LogP contribution in [-0.2, 0) is 0 Å². The van der Waals surface area contributed by atoms with E-state index in [0.717, 1.165) is 17.3 Å². The summed E-state index contributed by atoms with van der Waals surface area (Å²) < 4.78 is 5.14. The highest BCUT2D eigenvalue weighted by Gasteiger charge is 2.06. The van der Waals surface area contributed by atoms with E-state index in [0.29, 0.717) is 0 Å². The van der Waals surface area contributed by atoms with Crippen LogP contribution in [0.5, 0.6) is 5.75 Å². The van der Waals surface area contributed by atoms with Crippen LogP contribution >= 0.6 is 0 Å². The molecule has 0 saturated heterocycles. The third-order valence-electron chi connectivity index (χ3n) is 2.78. The summed E-state index contributed by atoms with van der Waals surface area (Å²) in [6.07, 6.45) is 0. The van der Waals surface area contributed by atoms with Crippen molar-refractivity contribution in [3.63, 3.8) is 0 Å². The number of rotatable bonds is 4.